The molecule has 1 aliphatic heterocycles. The number of hydrogen-bond donors (Lipinski definition) is 3. The molecule has 1 aromatic rings. The molecular weight excluding hydrogens is 311 g/mol. The Kier molecular flexibility index (Phi) is 5.84. The first-order valence-corrected chi connectivity index (χ1v) is 7.51. The fourth-order valence-electron chi connectivity index (χ4n) is 2.51. The normalized spacial score (nSPS) is 21.2. The summed E-state index contributed by atoms with van der Waals surface area (Å²) < 4.78 is 41.0. The molecule has 1 aromatic carbocycles. The molecule has 0 spiro atoms. The largest absolute Gasteiger partial charge is 0.573 e. The zero-order valence-corrected chi connectivity index (χ0v) is 12.7. The number of hydrogen-bond acceptors (Lipinski definition) is 4. The highest BCUT2D eigenvalue weighted by molar-refractivity contribution is 5.82. The summed E-state index contributed by atoms with van der Waals surface area (Å²) in [6.45, 7) is 2.04. The van der Waals surface area contributed by atoms with Crippen molar-refractivity contribution in [1.29, 1.82) is 0 Å². The molecule has 3 N–H and O–H groups in total. The molecule has 0 saturated carbocycles. The number of benzene rings is 1. The average Bonchev–Trinajstić information content (AvgIpc) is 2.93. The number of alkyl halides is 3. The van der Waals surface area contributed by atoms with E-state index >= 15 is 0 Å². The zero-order valence-electron chi connectivity index (χ0n) is 12.7. The minimum Gasteiger partial charge on any atom is -0.405 e. The van der Waals surface area contributed by atoms with Gasteiger partial charge in [-0.25, -0.2) is 5.43 Å². The van der Waals surface area contributed by atoms with Gasteiger partial charge in [-0.3, -0.25) is 10.2 Å². The van der Waals surface area contributed by atoms with Gasteiger partial charge < -0.3 is 10.1 Å². The Morgan fingerprint density at radius 3 is 2.78 bits per heavy atom. The quantitative estimate of drug-likeness (QED) is 0.748. The third-order valence-electron chi connectivity index (χ3n) is 3.59. The highest BCUT2D eigenvalue weighted by atomic mass is 19.4. The van der Waals surface area contributed by atoms with Crippen LogP contribution in [0.2, 0.25) is 0 Å². The number of carbonyl (C=O) groups excluding carboxylic acids is 1. The second-order valence-corrected chi connectivity index (χ2v) is 5.44. The fraction of sp³-hybridized carbons (Fsp3) is 0.533. The van der Waals surface area contributed by atoms with Crippen LogP contribution in [0.4, 0.5) is 13.2 Å². The molecule has 1 fully saturated rings. The van der Waals surface area contributed by atoms with E-state index in [2.05, 4.69) is 27.8 Å². The molecule has 128 valence electrons. The standard InChI is InChI=1S/C15H20F3N3O2/c1-2-5-11-8-12(21-20-11)14(22)19-9-10-6-3-4-7-13(10)23-15(16,17)18/h3-4,6-7,11-12,20-21H,2,5,8-9H2,1H3,(H,19,22). The minimum atomic E-state index is -4.76. The van der Waals surface area contributed by atoms with Gasteiger partial charge >= 0.3 is 6.36 Å². The number of hydrazine groups is 1. The topological polar surface area (TPSA) is 62.4 Å². The maximum atomic E-state index is 12.4. The van der Waals surface area contributed by atoms with Crippen LogP contribution < -0.4 is 20.9 Å². The molecule has 0 aliphatic carbocycles. The van der Waals surface area contributed by atoms with E-state index in [1.807, 2.05) is 0 Å². The van der Waals surface area contributed by atoms with Gasteiger partial charge in [0.25, 0.3) is 0 Å². The van der Waals surface area contributed by atoms with E-state index in [4.69, 9.17) is 0 Å². The highest BCUT2D eigenvalue weighted by Crippen LogP contribution is 2.26. The first-order chi connectivity index (χ1) is 10.9. The molecule has 5 nitrogen and oxygen atoms in total. The Bertz CT molecular complexity index is 537. The molecule has 1 saturated heterocycles. The third-order valence-corrected chi connectivity index (χ3v) is 3.59. The summed E-state index contributed by atoms with van der Waals surface area (Å²) in [6, 6.07) is 5.60. The van der Waals surface area contributed by atoms with Crippen LogP contribution in [-0.4, -0.2) is 24.4 Å². The Morgan fingerprint density at radius 2 is 2.09 bits per heavy atom. The van der Waals surface area contributed by atoms with Crippen molar-refractivity contribution in [2.75, 3.05) is 0 Å². The first-order valence-electron chi connectivity index (χ1n) is 7.51. The van der Waals surface area contributed by atoms with Crippen molar-refractivity contribution in [3.05, 3.63) is 29.8 Å². The Hall–Kier alpha value is -1.80. The van der Waals surface area contributed by atoms with Gasteiger partial charge in [0.15, 0.2) is 0 Å². The lowest BCUT2D eigenvalue weighted by molar-refractivity contribution is -0.274. The van der Waals surface area contributed by atoms with E-state index in [-0.39, 0.29) is 35.8 Å². The van der Waals surface area contributed by atoms with Crippen LogP contribution >= 0.6 is 0 Å². The number of para-hydroxylation sites is 1. The van der Waals surface area contributed by atoms with Crippen LogP contribution in [-0.2, 0) is 11.3 Å². The van der Waals surface area contributed by atoms with Crippen LogP contribution in [0.3, 0.4) is 0 Å². The van der Waals surface area contributed by atoms with Gasteiger partial charge in [-0.15, -0.1) is 13.2 Å². The average molecular weight is 331 g/mol. The minimum absolute atomic E-state index is 0.0261. The number of ether oxygens (including phenoxy) is 1. The number of halogens is 3. The van der Waals surface area contributed by atoms with Crippen LogP contribution in [0.1, 0.15) is 31.7 Å². The summed E-state index contributed by atoms with van der Waals surface area (Å²) in [4.78, 5) is 12.1. The molecule has 8 heteroatoms. The highest BCUT2D eigenvalue weighted by Gasteiger charge is 2.32. The third kappa shape index (κ3) is 5.40. The predicted octanol–water partition coefficient (Wildman–Crippen LogP) is 2.24. The van der Waals surface area contributed by atoms with Crippen molar-refractivity contribution in [3.63, 3.8) is 0 Å². The lowest BCUT2D eigenvalue weighted by atomic mass is 10.1. The van der Waals surface area contributed by atoms with Crippen LogP contribution in [0.5, 0.6) is 5.75 Å². The summed E-state index contributed by atoms with van der Waals surface area (Å²) >= 11 is 0. The van der Waals surface area contributed by atoms with Crippen LogP contribution in [0.25, 0.3) is 0 Å². The van der Waals surface area contributed by atoms with E-state index in [0.717, 1.165) is 12.8 Å². The molecule has 0 aromatic heterocycles. The lowest BCUT2D eigenvalue weighted by Gasteiger charge is -2.15. The molecule has 1 amide bonds. The van der Waals surface area contributed by atoms with Gasteiger partial charge in [0.05, 0.1) is 0 Å². The van der Waals surface area contributed by atoms with Gasteiger partial charge in [0.2, 0.25) is 5.91 Å². The second kappa shape index (κ2) is 7.65. The molecule has 23 heavy (non-hydrogen) atoms. The van der Waals surface area contributed by atoms with Crippen molar-refractivity contribution in [1.82, 2.24) is 16.2 Å². The van der Waals surface area contributed by atoms with E-state index in [9.17, 15) is 18.0 Å². The van der Waals surface area contributed by atoms with Crippen molar-refractivity contribution in [2.24, 2.45) is 0 Å². The molecular formula is C15H20F3N3O2. The van der Waals surface area contributed by atoms with Gasteiger partial charge in [-0.2, -0.15) is 0 Å². The summed E-state index contributed by atoms with van der Waals surface area (Å²) in [5.74, 6) is -0.556. The van der Waals surface area contributed by atoms with Crippen LogP contribution in [0, 0.1) is 0 Å². The predicted molar refractivity (Wildman–Crippen MR) is 78.3 cm³/mol. The van der Waals surface area contributed by atoms with Gasteiger partial charge in [-0.1, -0.05) is 31.5 Å². The van der Waals surface area contributed by atoms with E-state index in [0.29, 0.717) is 6.42 Å². The number of carbonyl (C=O) groups is 1. The van der Waals surface area contributed by atoms with Crippen molar-refractivity contribution < 1.29 is 22.7 Å². The SMILES string of the molecule is CCCC1CC(C(=O)NCc2ccccc2OC(F)(F)F)NN1. The first kappa shape index (κ1) is 17.6. The number of amides is 1. The molecule has 1 heterocycles. The number of nitrogens with one attached hydrogen (secondary N) is 3. The van der Waals surface area contributed by atoms with E-state index in [1.54, 1.807) is 6.07 Å². The lowest BCUT2D eigenvalue weighted by Crippen LogP contribution is -2.43. The number of rotatable bonds is 6. The fourth-order valence-corrected chi connectivity index (χ4v) is 2.51. The monoisotopic (exact) mass is 331 g/mol. The molecule has 0 bridgehead atoms. The smallest absolute Gasteiger partial charge is 0.405 e. The van der Waals surface area contributed by atoms with Gasteiger partial charge in [-0.05, 0) is 18.9 Å². The maximum absolute atomic E-state index is 12.4. The second-order valence-electron chi connectivity index (χ2n) is 5.44. The Labute approximate surface area is 132 Å². The molecule has 2 rings (SSSR count). The summed E-state index contributed by atoms with van der Waals surface area (Å²) in [7, 11) is 0. The van der Waals surface area contributed by atoms with Crippen molar-refractivity contribution >= 4 is 5.91 Å². The zero-order chi connectivity index (χ0) is 16.9. The Morgan fingerprint density at radius 1 is 1.35 bits per heavy atom. The summed E-state index contributed by atoms with van der Waals surface area (Å²) in [5.41, 5.74) is 6.22. The molecule has 1 aliphatic rings. The maximum Gasteiger partial charge on any atom is 0.573 e. The van der Waals surface area contributed by atoms with Crippen molar-refractivity contribution in [2.45, 2.75) is 51.2 Å². The van der Waals surface area contributed by atoms with E-state index < -0.39 is 6.36 Å². The molecule has 2 unspecified atom stereocenters. The molecule has 0 radical (unpaired) electrons. The molecule has 2 atom stereocenters. The van der Waals surface area contributed by atoms with Crippen molar-refractivity contribution in [3.8, 4) is 5.75 Å². The van der Waals surface area contributed by atoms with Crippen LogP contribution in [0.15, 0.2) is 24.3 Å². The summed E-state index contributed by atoms with van der Waals surface area (Å²) in [6.07, 6.45) is -2.14. The summed E-state index contributed by atoms with van der Waals surface area (Å²) in [5, 5.41) is 2.64. The Balaban J connectivity index is 1.90. The van der Waals surface area contributed by atoms with Gasteiger partial charge in [0, 0.05) is 18.2 Å². The van der Waals surface area contributed by atoms with E-state index in [1.165, 1.54) is 18.2 Å². The van der Waals surface area contributed by atoms with Gasteiger partial charge in [0.1, 0.15) is 11.8 Å².